The lowest BCUT2D eigenvalue weighted by Gasteiger charge is -2.06. The Morgan fingerprint density at radius 3 is 2.74 bits per heavy atom. The number of nitrogens with two attached hydrogens (primary N) is 1. The van der Waals surface area contributed by atoms with E-state index in [0.29, 0.717) is 12.4 Å². The van der Waals surface area contributed by atoms with Crippen LogP contribution in [-0.2, 0) is 13.0 Å². The Morgan fingerprint density at radius 2 is 2.11 bits per heavy atom. The first kappa shape index (κ1) is 13.2. The number of nitrogens with zero attached hydrogens (tertiary/aromatic N) is 2. The van der Waals surface area contributed by atoms with E-state index >= 15 is 0 Å². The number of hydrogen-bond acceptors (Lipinski definition) is 2. The van der Waals surface area contributed by atoms with Crippen LogP contribution < -0.4 is 5.73 Å². The summed E-state index contributed by atoms with van der Waals surface area (Å²) in [5.74, 6) is 4.23. The van der Waals surface area contributed by atoms with E-state index in [2.05, 4.69) is 49.9 Å². The van der Waals surface area contributed by atoms with Gasteiger partial charge in [0, 0.05) is 12.0 Å². The summed E-state index contributed by atoms with van der Waals surface area (Å²) in [5.41, 5.74) is 10.5. The van der Waals surface area contributed by atoms with E-state index in [9.17, 15) is 0 Å². The van der Waals surface area contributed by atoms with Gasteiger partial charge >= 0.3 is 0 Å². The molecule has 0 spiro atoms. The molecule has 98 valence electrons. The van der Waals surface area contributed by atoms with Crippen molar-refractivity contribution in [3.8, 4) is 23.6 Å². The molecule has 0 fully saturated rings. The molecular weight excluding hydrogens is 234 g/mol. The molecule has 0 saturated carbocycles. The van der Waals surface area contributed by atoms with Gasteiger partial charge in [-0.15, -0.1) is 6.42 Å². The van der Waals surface area contributed by atoms with Crippen molar-refractivity contribution in [1.29, 1.82) is 0 Å². The normalized spacial score (nSPS) is 10.4. The molecule has 0 amide bonds. The van der Waals surface area contributed by atoms with Crippen molar-refractivity contribution < 1.29 is 0 Å². The molecule has 0 saturated heterocycles. The number of anilines is 1. The summed E-state index contributed by atoms with van der Waals surface area (Å²) >= 11 is 0. The highest BCUT2D eigenvalue weighted by Crippen LogP contribution is 2.29. The van der Waals surface area contributed by atoms with Crippen molar-refractivity contribution in [3.05, 3.63) is 35.2 Å². The van der Waals surface area contributed by atoms with E-state index in [1.165, 1.54) is 11.1 Å². The zero-order chi connectivity index (χ0) is 14.0. The quantitative estimate of drug-likeness (QED) is 0.855. The van der Waals surface area contributed by atoms with E-state index in [-0.39, 0.29) is 0 Å². The van der Waals surface area contributed by atoms with Gasteiger partial charge in [0.1, 0.15) is 17.3 Å². The zero-order valence-corrected chi connectivity index (χ0v) is 11.7. The first-order valence-electron chi connectivity index (χ1n) is 6.44. The van der Waals surface area contributed by atoms with Crippen molar-refractivity contribution in [2.45, 2.75) is 33.7 Å². The minimum atomic E-state index is 0.465. The van der Waals surface area contributed by atoms with Crippen molar-refractivity contribution in [2.75, 3.05) is 5.73 Å². The molecule has 2 rings (SSSR count). The molecule has 2 aromatic rings. The van der Waals surface area contributed by atoms with Crippen LogP contribution in [0.3, 0.4) is 0 Å². The third-order valence-electron chi connectivity index (χ3n) is 3.30. The molecule has 0 aliphatic heterocycles. The van der Waals surface area contributed by atoms with Crippen LogP contribution in [0.15, 0.2) is 18.2 Å². The SMILES string of the molecule is C#CCn1c(CC)nc(-c2cc(C)ccc2C)c1N. The molecule has 1 aromatic carbocycles. The minimum Gasteiger partial charge on any atom is -0.383 e. The van der Waals surface area contributed by atoms with Crippen LogP contribution in [0.5, 0.6) is 0 Å². The first-order valence-corrected chi connectivity index (χ1v) is 6.44. The zero-order valence-electron chi connectivity index (χ0n) is 11.7. The Labute approximate surface area is 114 Å². The van der Waals surface area contributed by atoms with Crippen molar-refractivity contribution >= 4 is 5.82 Å². The van der Waals surface area contributed by atoms with Crippen molar-refractivity contribution in [2.24, 2.45) is 0 Å². The van der Waals surface area contributed by atoms with E-state index in [1.807, 2.05) is 4.57 Å². The predicted octanol–water partition coefficient (Wildman–Crippen LogP) is 2.94. The fourth-order valence-electron chi connectivity index (χ4n) is 2.24. The van der Waals surface area contributed by atoms with Gasteiger partial charge in [0.05, 0.1) is 6.54 Å². The summed E-state index contributed by atoms with van der Waals surface area (Å²) in [7, 11) is 0. The summed E-state index contributed by atoms with van der Waals surface area (Å²) in [6.07, 6.45) is 6.22. The lowest BCUT2D eigenvalue weighted by Crippen LogP contribution is -2.05. The highest BCUT2D eigenvalue weighted by Gasteiger charge is 2.16. The maximum Gasteiger partial charge on any atom is 0.132 e. The average Bonchev–Trinajstić information content (AvgIpc) is 2.70. The Morgan fingerprint density at radius 1 is 1.37 bits per heavy atom. The number of benzene rings is 1. The number of rotatable bonds is 3. The topological polar surface area (TPSA) is 43.8 Å². The lowest BCUT2D eigenvalue weighted by molar-refractivity contribution is 0.769. The highest BCUT2D eigenvalue weighted by molar-refractivity contribution is 5.74. The van der Waals surface area contributed by atoms with Gasteiger partial charge in [0.15, 0.2) is 0 Å². The standard InChI is InChI=1S/C16H19N3/c1-5-9-19-14(6-2)18-15(16(19)17)13-10-11(3)7-8-12(13)4/h1,7-8,10H,6,9,17H2,2-4H3. The Balaban J connectivity index is 2.63. The van der Waals surface area contributed by atoms with Crippen molar-refractivity contribution in [3.63, 3.8) is 0 Å². The van der Waals surface area contributed by atoms with E-state index in [1.54, 1.807) is 0 Å². The van der Waals surface area contributed by atoms with Gasteiger partial charge in [0.25, 0.3) is 0 Å². The monoisotopic (exact) mass is 253 g/mol. The first-order chi connectivity index (χ1) is 9.08. The maximum atomic E-state index is 6.22. The Kier molecular flexibility index (Phi) is 3.62. The molecule has 2 N–H and O–H groups in total. The highest BCUT2D eigenvalue weighted by atomic mass is 15.1. The fourth-order valence-corrected chi connectivity index (χ4v) is 2.24. The van der Waals surface area contributed by atoms with Gasteiger partial charge in [-0.2, -0.15) is 0 Å². The summed E-state index contributed by atoms with van der Waals surface area (Å²) in [6, 6.07) is 6.30. The van der Waals surface area contributed by atoms with Crippen LogP contribution in [0.4, 0.5) is 5.82 Å². The van der Waals surface area contributed by atoms with Crippen molar-refractivity contribution in [1.82, 2.24) is 9.55 Å². The molecule has 3 heteroatoms. The number of aryl methyl sites for hydroxylation is 3. The minimum absolute atomic E-state index is 0.465. The molecule has 0 aliphatic carbocycles. The van der Waals surface area contributed by atoms with Crippen LogP contribution in [0.1, 0.15) is 23.9 Å². The number of aromatic nitrogens is 2. The smallest absolute Gasteiger partial charge is 0.132 e. The average molecular weight is 253 g/mol. The van der Waals surface area contributed by atoms with Gasteiger partial charge in [-0.25, -0.2) is 4.98 Å². The second kappa shape index (κ2) is 5.19. The molecule has 0 atom stereocenters. The number of terminal acetylenes is 1. The van der Waals surface area contributed by atoms with Gasteiger partial charge in [-0.1, -0.05) is 30.5 Å². The number of hydrogen-bond donors (Lipinski definition) is 1. The number of imidazole rings is 1. The van der Waals surface area contributed by atoms with E-state index < -0.39 is 0 Å². The van der Waals surface area contributed by atoms with Crippen LogP contribution in [-0.4, -0.2) is 9.55 Å². The summed E-state index contributed by atoms with van der Waals surface area (Å²) in [6.45, 7) is 6.66. The molecule has 3 nitrogen and oxygen atoms in total. The fraction of sp³-hybridized carbons (Fsp3) is 0.312. The molecule has 0 bridgehead atoms. The van der Waals surface area contributed by atoms with Crippen LogP contribution >= 0.6 is 0 Å². The largest absolute Gasteiger partial charge is 0.383 e. The molecule has 19 heavy (non-hydrogen) atoms. The predicted molar refractivity (Wildman–Crippen MR) is 79.8 cm³/mol. The molecular formula is C16H19N3. The molecule has 0 radical (unpaired) electrons. The molecule has 1 aromatic heterocycles. The van der Waals surface area contributed by atoms with Gasteiger partial charge in [-0.05, 0) is 25.5 Å². The van der Waals surface area contributed by atoms with Gasteiger partial charge in [-0.3, -0.25) is 0 Å². The lowest BCUT2D eigenvalue weighted by atomic mass is 10.0. The molecule has 0 unspecified atom stereocenters. The molecule has 1 heterocycles. The third-order valence-corrected chi connectivity index (χ3v) is 3.30. The van der Waals surface area contributed by atoms with E-state index in [0.717, 1.165) is 23.5 Å². The van der Waals surface area contributed by atoms with Crippen LogP contribution in [0.25, 0.3) is 11.3 Å². The molecule has 0 aliphatic rings. The second-order valence-electron chi connectivity index (χ2n) is 4.72. The second-order valence-corrected chi connectivity index (χ2v) is 4.72. The Bertz CT molecular complexity index is 645. The number of nitrogen functional groups attached to an aromatic ring is 1. The maximum absolute atomic E-state index is 6.22. The van der Waals surface area contributed by atoms with Crippen LogP contribution in [0.2, 0.25) is 0 Å². The summed E-state index contributed by atoms with van der Waals surface area (Å²) in [5, 5.41) is 0. The van der Waals surface area contributed by atoms with Gasteiger partial charge < -0.3 is 10.3 Å². The van der Waals surface area contributed by atoms with Crippen LogP contribution in [0, 0.1) is 26.2 Å². The van der Waals surface area contributed by atoms with Gasteiger partial charge in [0.2, 0.25) is 0 Å². The summed E-state index contributed by atoms with van der Waals surface area (Å²) < 4.78 is 1.91. The van der Waals surface area contributed by atoms with E-state index in [4.69, 9.17) is 12.2 Å². The Hall–Kier alpha value is -2.21. The summed E-state index contributed by atoms with van der Waals surface area (Å²) in [4.78, 5) is 4.66. The third kappa shape index (κ3) is 2.34.